The Labute approximate surface area is 104 Å². The molecule has 0 bridgehead atoms. The number of halogens is 1. The molecule has 1 aromatic carbocycles. The zero-order valence-electron chi connectivity index (χ0n) is 9.24. The molecule has 0 unspecified atom stereocenters. The van der Waals surface area contributed by atoms with Crippen molar-refractivity contribution in [3.63, 3.8) is 0 Å². The fourth-order valence-corrected chi connectivity index (χ4v) is 1.94. The maximum Gasteiger partial charge on any atom is 0.226 e. The summed E-state index contributed by atoms with van der Waals surface area (Å²) in [6.45, 7) is 1.98. The van der Waals surface area contributed by atoms with Crippen LogP contribution in [0.2, 0.25) is 5.02 Å². The summed E-state index contributed by atoms with van der Waals surface area (Å²) in [6.07, 6.45) is 11.1. The SMILES string of the molecule is C#COc1cc(-c2ncco2)cc(Cl)c1CC. The molecule has 4 heteroatoms. The van der Waals surface area contributed by atoms with Gasteiger partial charge in [0.1, 0.15) is 18.1 Å². The number of benzene rings is 1. The Morgan fingerprint density at radius 1 is 1.53 bits per heavy atom. The van der Waals surface area contributed by atoms with Gasteiger partial charge in [-0.25, -0.2) is 4.98 Å². The van der Waals surface area contributed by atoms with Crippen molar-refractivity contribution in [3.8, 4) is 29.7 Å². The van der Waals surface area contributed by atoms with Crippen molar-refractivity contribution in [2.24, 2.45) is 0 Å². The zero-order valence-corrected chi connectivity index (χ0v) is 9.99. The molecule has 0 aliphatic carbocycles. The van der Waals surface area contributed by atoms with Gasteiger partial charge in [0.15, 0.2) is 0 Å². The van der Waals surface area contributed by atoms with Gasteiger partial charge in [-0.1, -0.05) is 24.9 Å². The molecule has 2 aromatic rings. The Kier molecular flexibility index (Phi) is 3.36. The van der Waals surface area contributed by atoms with E-state index < -0.39 is 0 Å². The first kappa shape index (κ1) is 11.6. The van der Waals surface area contributed by atoms with Crippen molar-refractivity contribution in [2.45, 2.75) is 13.3 Å². The normalized spacial score (nSPS) is 9.94. The predicted molar refractivity (Wildman–Crippen MR) is 65.8 cm³/mol. The summed E-state index contributed by atoms with van der Waals surface area (Å²) < 4.78 is 10.3. The summed E-state index contributed by atoms with van der Waals surface area (Å²) in [5.74, 6) is 1.05. The molecule has 0 atom stereocenters. The molecule has 2 rings (SSSR count). The number of nitrogens with zero attached hydrogens (tertiary/aromatic N) is 1. The first-order chi connectivity index (χ1) is 8.26. The second-order valence-electron chi connectivity index (χ2n) is 3.35. The van der Waals surface area contributed by atoms with Crippen molar-refractivity contribution in [3.05, 3.63) is 35.2 Å². The van der Waals surface area contributed by atoms with Crippen molar-refractivity contribution in [2.75, 3.05) is 0 Å². The minimum Gasteiger partial charge on any atom is -0.445 e. The van der Waals surface area contributed by atoms with Gasteiger partial charge in [-0.15, -0.1) is 0 Å². The van der Waals surface area contributed by atoms with Gasteiger partial charge >= 0.3 is 0 Å². The largest absolute Gasteiger partial charge is 0.445 e. The monoisotopic (exact) mass is 247 g/mol. The van der Waals surface area contributed by atoms with E-state index in [0.717, 1.165) is 17.5 Å². The van der Waals surface area contributed by atoms with Crippen LogP contribution in [0.5, 0.6) is 5.75 Å². The highest BCUT2D eigenvalue weighted by molar-refractivity contribution is 6.31. The molecular formula is C13H10ClNO2. The van der Waals surface area contributed by atoms with Gasteiger partial charge in [-0.05, 0) is 18.6 Å². The molecule has 0 N–H and O–H groups in total. The van der Waals surface area contributed by atoms with Gasteiger partial charge in [0, 0.05) is 16.1 Å². The third-order valence-corrected chi connectivity index (χ3v) is 2.69. The molecule has 1 heterocycles. The summed E-state index contributed by atoms with van der Waals surface area (Å²) in [5, 5.41) is 0.591. The van der Waals surface area contributed by atoms with Crippen LogP contribution in [0, 0.1) is 12.5 Å². The van der Waals surface area contributed by atoms with Crippen LogP contribution in [0.4, 0.5) is 0 Å². The number of aromatic nitrogens is 1. The van der Waals surface area contributed by atoms with Gasteiger partial charge in [-0.2, -0.15) is 0 Å². The minimum atomic E-state index is 0.483. The van der Waals surface area contributed by atoms with Gasteiger partial charge in [-0.3, -0.25) is 0 Å². The van der Waals surface area contributed by atoms with Crippen LogP contribution in [-0.2, 0) is 6.42 Å². The van der Waals surface area contributed by atoms with Crippen LogP contribution in [0.25, 0.3) is 11.5 Å². The average molecular weight is 248 g/mol. The lowest BCUT2D eigenvalue weighted by atomic mass is 10.1. The molecule has 0 spiro atoms. The summed E-state index contributed by atoms with van der Waals surface area (Å²) >= 11 is 6.17. The van der Waals surface area contributed by atoms with E-state index in [0.29, 0.717) is 16.7 Å². The Balaban J connectivity index is 2.54. The van der Waals surface area contributed by atoms with E-state index in [4.69, 9.17) is 27.2 Å². The third kappa shape index (κ3) is 2.27. The van der Waals surface area contributed by atoms with Crippen molar-refractivity contribution < 1.29 is 9.15 Å². The second kappa shape index (κ2) is 4.94. The number of hydrogen-bond donors (Lipinski definition) is 0. The molecular weight excluding hydrogens is 238 g/mol. The molecule has 17 heavy (non-hydrogen) atoms. The third-order valence-electron chi connectivity index (χ3n) is 2.36. The number of oxazole rings is 1. The first-order valence-corrected chi connectivity index (χ1v) is 5.48. The Morgan fingerprint density at radius 2 is 2.35 bits per heavy atom. The lowest BCUT2D eigenvalue weighted by Crippen LogP contribution is -1.92. The topological polar surface area (TPSA) is 35.3 Å². The maximum atomic E-state index is 6.17. The molecule has 0 aliphatic heterocycles. The van der Waals surface area contributed by atoms with Crippen LogP contribution in [0.1, 0.15) is 12.5 Å². The summed E-state index contributed by atoms with van der Waals surface area (Å²) in [7, 11) is 0. The molecule has 0 saturated carbocycles. The lowest BCUT2D eigenvalue weighted by Gasteiger charge is -2.08. The van der Waals surface area contributed by atoms with Crippen molar-refractivity contribution in [1.29, 1.82) is 0 Å². The zero-order chi connectivity index (χ0) is 12.3. The van der Waals surface area contributed by atoms with E-state index in [1.54, 1.807) is 18.3 Å². The molecule has 0 aliphatic rings. The summed E-state index contributed by atoms with van der Waals surface area (Å²) in [6, 6.07) is 3.56. The van der Waals surface area contributed by atoms with Crippen molar-refractivity contribution in [1.82, 2.24) is 4.98 Å². The van der Waals surface area contributed by atoms with E-state index in [-0.39, 0.29) is 0 Å². The van der Waals surface area contributed by atoms with E-state index in [9.17, 15) is 0 Å². The summed E-state index contributed by atoms with van der Waals surface area (Å²) in [5.41, 5.74) is 1.61. The minimum absolute atomic E-state index is 0.483. The van der Waals surface area contributed by atoms with E-state index in [1.165, 1.54) is 6.26 Å². The fourth-order valence-electron chi connectivity index (χ4n) is 1.60. The highest BCUT2D eigenvalue weighted by atomic mass is 35.5. The lowest BCUT2D eigenvalue weighted by molar-refractivity contribution is 0.513. The number of hydrogen-bond acceptors (Lipinski definition) is 3. The highest BCUT2D eigenvalue weighted by Crippen LogP contribution is 2.33. The fraction of sp³-hybridized carbons (Fsp3) is 0.154. The van der Waals surface area contributed by atoms with Gasteiger partial charge < -0.3 is 9.15 Å². The van der Waals surface area contributed by atoms with Gasteiger partial charge in [0.2, 0.25) is 5.89 Å². The Hall–Kier alpha value is -1.92. The predicted octanol–water partition coefficient (Wildman–Crippen LogP) is 3.53. The quantitative estimate of drug-likeness (QED) is 0.779. The molecule has 0 amide bonds. The smallest absolute Gasteiger partial charge is 0.226 e. The Bertz CT molecular complexity index is 556. The first-order valence-electron chi connectivity index (χ1n) is 5.11. The van der Waals surface area contributed by atoms with Crippen LogP contribution in [-0.4, -0.2) is 4.98 Å². The van der Waals surface area contributed by atoms with Crippen LogP contribution >= 0.6 is 11.6 Å². The van der Waals surface area contributed by atoms with Crippen molar-refractivity contribution >= 4 is 11.6 Å². The number of rotatable bonds is 3. The van der Waals surface area contributed by atoms with Gasteiger partial charge in [0.05, 0.1) is 6.20 Å². The van der Waals surface area contributed by atoms with Crippen LogP contribution in [0.15, 0.2) is 29.0 Å². The molecule has 3 nitrogen and oxygen atoms in total. The van der Waals surface area contributed by atoms with Crippen LogP contribution in [0.3, 0.4) is 0 Å². The summed E-state index contributed by atoms with van der Waals surface area (Å²) in [4.78, 5) is 4.05. The Morgan fingerprint density at radius 3 is 2.94 bits per heavy atom. The van der Waals surface area contributed by atoms with E-state index in [2.05, 4.69) is 11.1 Å². The maximum absolute atomic E-state index is 6.17. The standard InChI is InChI=1S/C13H10ClNO2/c1-3-10-11(14)7-9(8-12(10)16-4-2)13-15-5-6-17-13/h2,5-8H,3H2,1H3. The van der Waals surface area contributed by atoms with E-state index in [1.807, 2.05) is 6.92 Å². The molecule has 1 aromatic heterocycles. The highest BCUT2D eigenvalue weighted by Gasteiger charge is 2.12. The number of terminal acetylenes is 1. The number of ether oxygens (including phenoxy) is 1. The van der Waals surface area contributed by atoms with Gasteiger partial charge in [0.25, 0.3) is 0 Å². The van der Waals surface area contributed by atoms with E-state index >= 15 is 0 Å². The molecule has 86 valence electrons. The molecule has 0 fully saturated rings. The molecule has 0 radical (unpaired) electrons. The average Bonchev–Trinajstić information content (AvgIpc) is 2.82. The molecule has 0 saturated heterocycles. The van der Waals surface area contributed by atoms with Crippen LogP contribution < -0.4 is 4.74 Å². The second-order valence-corrected chi connectivity index (χ2v) is 3.75.